The summed E-state index contributed by atoms with van der Waals surface area (Å²) in [4.78, 5) is 58.9. The largest absolute Gasteiger partial charge is 0.506 e. The highest BCUT2D eigenvalue weighted by molar-refractivity contribution is 5.94. The summed E-state index contributed by atoms with van der Waals surface area (Å²) >= 11 is 0. The molecule has 14 nitrogen and oxygen atoms in total. The number of aliphatic hydroxyl groups excluding tert-OH is 1. The van der Waals surface area contributed by atoms with E-state index in [-0.39, 0.29) is 55.1 Å². The van der Waals surface area contributed by atoms with Crippen LogP contribution < -0.4 is 20.9 Å². The van der Waals surface area contributed by atoms with Crippen LogP contribution in [0.3, 0.4) is 0 Å². The lowest BCUT2D eigenvalue weighted by atomic mass is 9.86. The number of hydrogen-bond donors (Lipinski definition) is 5. The molecule has 3 aliphatic rings. The normalized spacial score (nSPS) is 16.9. The molecule has 3 fully saturated rings. The molecule has 3 saturated heterocycles. The number of ether oxygens (including phenoxy) is 3. The number of aliphatic hydroxyl groups is 1. The molecule has 364 valence electrons. The first-order valence-corrected chi connectivity index (χ1v) is 24.0. The number of rotatable bonds is 19. The molecule has 4 heterocycles. The Morgan fingerprint density at radius 2 is 1.46 bits per heavy atom. The predicted octanol–water partition coefficient (Wildman–Crippen LogP) is 8.05. The highest BCUT2D eigenvalue weighted by Crippen LogP contribution is 2.32. The number of pyridine rings is 1. The smallest absolute Gasteiger partial charge is 0.408 e. The number of fused-ring (bicyclic) bond motifs is 4. The minimum absolute atomic E-state index is 0.0222. The molecule has 0 radical (unpaired) electrons. The van der Waals surface area contributed by atoms with Gasteiger partial charge in [0.2, 0.25) is 5.56 Å². The third kappa shape index (κ3) is 12.3. The molecule has 2 amide bonds. The molecule has 71 heavy (non-hydrogen) atoms. The topological polar surface area (TPSA) is 183 Å². The lowest BCUT2D eigenvalue weighted by Crippen LogP contribution is -2.52. The fourth-order valence-electron chi connectivity index (χ4n) is 9.37. The number of amides is 2. The Labute approximate surface area is 411 Å². The van der Waals surface area contributed by atoms with Crippen molar-refractivity contribution in [2.75, 3.05) is 39.3 Å². The SMILES string of the molecule is O=C(N[C@@H](c1ccccc1)c1cccc(OCc2ccc(C(=O)OCCN(Cc3ccccc3)C(=O)c3ccc(CNC[C@H](O)c4ccc(O)c5[nH]c(=O)ccc45)cc3)cc2)c1)O[C@H]1CN2CCC1CC2. The number of H-pyrrole nitrogens is 1. The number of nitrogens with one attached hydrogen (secondary N) is 3. The van der Waals surface area contributed by atoms with E-state index < -0.39 is 24.2 Å². The zero-order chi connectivity index (χ0) is 49.1. The summed E-state index contributed by atoms with van der Waals surface area (Å²) in [5.74, 6) is 0.211. The molecule has 3 aliphatic heterocycles. The molecule has 2 bridgehead atoms. The second kappa shape index (κ2) is 22.8. The van der Waals surface area contributed by atoms with E-state index in [4.69, 9.17) is 14.2 Å². The summed E-state index contributed by atoms with van der Waals surface area (Å²) in [7, 11) is 0. The Balaban J connectivity index is 0.766. The van der Waals surface area contributed by atoms with Crippen molar-refractivity contribution in [3.8, 4) is 11.5 Å². The van der Waals surface area contributed by atoms with Crippen molar-refractivity contribution in [3.63, 3.8) is 0 Å². The number of hydrogen-bond acceptors (Lipinski definition) is 11. The summed E-state index contributed by atoms with van der Waals surface area (Å²) < 4.78 is 17.9. The van der Waals surface area contributed by atoms with Crippen LogP contribution in [0, 0.1) is 5.92 Å². The van der Waals surface area contributed by atoms with Gasteiger partial charge in [0.15, 0.2) is 0 Å². The molecule has 0 spiro atoms. The van der Waals surface area contributed by atoms with E-state index in [0.717, 1.165) is 60.3 Å². The van der Waals surface area contributed by atoms with Crippen LogP contribution >= 0.6 is 0 Å². The predicted molar refractivity (Wildman–Crippen MR) is 269 cm³/mol. The highest BCUT2D eigenvalue weighted by atomic mass is 16.6. The zero-order valence-electron chi connectivity index (χ0n) is 39.2. The van der Waals surface area contributed by atoms with Crippen molar-refractivity contribution in [2.24, 2.45) is 5.92 Å². The second-order valence-electron chi connectivity index (χ2n) is 18.1. The Bertz CT molecular complexity index is 2980. The molecule has 3 atom stereocenters. The first kappa shape index (κ1) is 48.3. The van der Waals surface area contributed by atoms with Gasteiger partial charge in [-0.05, 0) is 114 Å². The van der Waals surface area contributed by atoms with Crippen molar-refractivity contribution in [1.82, 2.24) is 25.4 Å². The quantitative estimate of drug-likeness (QED) is 0.0495. The lowest BCUT2D eigenvalue weighted by molar-refractivity contribution is -0.0336. The van der Waals surface area contributed by atoms with Crippen molar-refractivity contribution < 1.29 is 38.8 Å². The van der Waals surface area contributed by atoms with Gasteiger partial charge >= 0.3 is 12.1 Å². The fourth-order valence-corrected chi connectivity index (χ4v) is 9.37. The first-order chi connectivity index (χ1) is 34.6. The molecule has 7 aromatic rings. The number of piperidine rings is 3. The van der Waals surface area contributed by atoms with Gasteiger partial charge in [0.25, 0.3) is 5.91 Å². The monoisotopic (exact) mass is 955 g/mol. The number of alkyl carbamates (subject to hydrolysis) is 1. The van der Waals surface area contributed by atoms with Crippen molar-refractivity contribution >= 4 is 28.9 Å². The fraction of sp³-hybridized carbons (Fsp3) is 0.263. The molecule has 0 saturated carbocycles. The van der Waals surface area contributed by atoms with Gasteiger partial charge in [-0.2, -0.15) is 0 Å². The number of phenolic OH excluding ortho intramolecular Hbond substituents is 1. The molecular formula is C57H57N5O9. The number of esters is 1. The molecule has 14 heteroatoms. The third-order valence-corrected chi connectivity index (χ3v) is 13.3. The Kier molecular flexibility index (Phi) is 15.5. The number of aromatic hydroxyl groups is 1. The van der Waals surface area contributed by atoms with Crippen LogP contribution in [0.4, 0.5) is 4.79 Å². The van der Waals surface area contributed by atoms with E-state index in [2.05, 4.69) is 20.5 Å². The maximum atomic E-state index is 13.9. The van der Waals surface area contributed by atoms with Crippen LogP contribution in [0.25, 0.3) is 10.9 Å². The number of carbonyl (C=O) groups is 3. The summed E-state index contributed by atoms with van der Waals surface area (Å²) in [5.41, 5.74) is 5.74. The number of benzene rings is 6. The van der Waals surface area contributed by atoms with E-state index >= 15 is 0 Å². The molecule has 0 unspecified atom stereocenters. The number of nitrogens with zero attached hydrogens (tertiary/aromatic N) is 2. The van der Waals surface area contributed by atoms with E-state index in [1.54, 1.807) is 41.3 Å². The van der Waals surface area contributed by atoms with E-state index in [1.165, 1.54) is 12.1 Å². The number of aromatic amines is 1. The standard InChI is InChI=1S/C57H57N5O9/c63-49-24-22-47(48-23-25-52(65)59-54(48)49)50(64)34-58-33-38-14-18-43(19-15-38)55(66)62(35-39-8-3-1-4-9-39)30-31-69-56(67)44-20-16-40(17-21-44)37-70-46-13-7-12-45(32-46)53(42-10-5-2-6-11-42)60-57(68)71-51-36-61-28-26-41(51)27-29-61/h1-25,32,41,50-51,53,58,63-64H,26-31,33-37H2,(H,59,65)(H,60,68)/t50-,51-,53-/m0/s1. The summed E-state index contributed by atoms with van der Waals surface area (Å²) in [6.07, 6.45) is 0.647. The Morgan fingerprint density at radius 3 is 2.20 bits per heavy atom. The molecule has 10 rings (SSSR count). The average Bonchev–Trinajstić information content (AvgIpc) is 3.40. The van der Waals surface area contributed by atoms with E-state index in [1.807, 2.05) is 109 Å². The van der Waals surface area contributed by atoms with Gasteiger partial charge in [-0.15, -0.1) is 0 Å². The lowest BCUT2D eigenvalue weighted by Gasteiger charge is -2.43. The van der Waals surface area contributed by atoms with Gasteiger partial charge < -0.3 is 44.9 Å². The molecule has 6 aromatic carbocycles. The second-order valence-corrected chi connectivity index (χ2v) is 18.1. The number of phenols is 1. The summed E-state index contributed by atoms with van der Waals surface area (Å²) in [6, 6.07) is 46.8. The van der Waals surface area contributed by atoms with Crippen LogP contribution in [0.5, 0.6) is 11.5 Å². The zero-order valence-corrected chi connectivity index (χ0v) is 39.2. The Hall–Kier alpha value is -7.78. The van der Waals surface area contributed by atoms with Crippen LogP contribution in [-0.4, -0.2) is 88.4 Å². The van der Waals surface area contributed by atoms with Gasteiger partial charge in [-0.1, -0.05) is 103 Å². The van der Waals surface area contributed by atoms with E-state index in [0.29, 0.717) is 46.8 Å². The first-order valence-electron chi connectivity index (χ1n) is 24.0. The van der Waals surface area contributed by atoms with Gasteiger partial charge in [0, 0.05) is 43.2 Å². The van der Waals surface area contributed by atoms with Crippen LogP contribution in [0.2, 0.25) is 0 Å². The number of aromatic nitrogens is 1. The minimum atomic E-state index is -0.913. The van der Waals surface area contributed by atoms with Gasteiger partial charge in [0.05, 0.1) is 29.8 Å². The van der Waals surface area contributed by atoms with Crippen LogP contribution in [0.1, 0.15) is 79.1 Å². The van der Waals surface area contributed by atoms with Gasteiger partial charge in [-0.25, -0.2) is 9.59 Å². The third-order valence-electron chi connectivity index (χ3n) is 13.3. The molecule has 1 aromatic heterocycles. The van der Waals surface area contributed by atoms with Gasteiger partial charge in [-0.3, -0.25) is 14.5 Å². The molecule has 0 aliphatic carbocycles. The van der Waals surface area contributed by atoms with Crippen LogP contribution in [0.15, 0.2) is 163 Å². The highest BCUT2D eigenvalue weighted by Gasteiger charge is 2.37. The van der Waals surface area contributed by atoms with Crippen molar-refractivity contribution in [1.29, 1.82) is 0 Å². The number of carbonyl (C=O) groups excluding carboxylic acids is 3. The average molecular weight is 956 g/mol. The van der Waals surface area contributed by atoms with Crippen molar-refractivity contribution in [2.45, 2.75) is 50.8 Å². The minimum Gasteiger partial charge on any atom is -0.506 e. The molecular weight excluding hydrogens is 899 g/mol. The maximum Gasteiger partial charge on any atom is 0.408 e. The maximum absolute atomic E-state index is 13.9. The van der Waals surface area contributed by atoms with Crippen LogP contribution in [-0.2, 0) is 29.2 Å². The molecule has 5 N–H and O–H groups in total. The summed E-state index contributed by atoms with van der Waals surface area (Å²) in [5, 5.41) is 28.1. The van der Waals surface area contributed by atoms with E-state index in [9.17, 15) is 29.4 Å². The van der Waals surface area contributed by atoms with Gasteiger partial charge in [0.1, 0.15) is 30.8 Å². The van der Waals surface area contributed by atoms with Crippen molar-refractivity contribution in [3.05, 3.63) is 213 Å². The summed E-state index contributed by atoms with van der Waals surface area (Å²) in [6.45, 7) is 4.21. The Morgan fingerprint density at radius 1 is 0.761 bits per heavy atom.